The first-order valence-corrected chi connectivity index (χ1v) is 3.58. The molecule has 0 aromatic rings. The van der Waals surface area contributed by atoms with Gasteiger partial charge in [0, 0.05) is 12.6 Å². The van der Waals surface area contributed by atoms with Gasteiger partial charge in [0.25, 0.3) is 0 Å². The standard InChI is InChI=1S/C7H15NO/c1-6(9)5-8(2)7-3-4-7/h6-7,9H,3-5H2,1-2H3/t6-/m0/s1. The second-order valence-electron chi connectivity index (χ2n) is 3.02. The van der Waals surface area contributed by atoms with Crippen LogP contribution in [0.3, 0.4) is 0 Å². The zero-order chi connectivity index (χ0) is 6.85. The van der Waals surface area contributed by atoms with Crippen LogP contribution in [-0.4, -0.2) is 35.7 Å². The lowest BCUT2D eigenvalue weighted by Gasteiger charge is -2.16. The molecular weight excluding hydrogens is 114 g/mol. The SMILES string of the molecule is C[C@H](O)CN(C)C1CC1. The molecular formula is C7H15NO. The van der Waals surface area contributed by atoms with Crippen molar-refractivity contribution >= 4 is 0 Å². The Kier molecular flexibility index (Phi) is 2.09. The molecule has 1 fully saturated rings. The van der Waals surface area contributed by atoms with Crippen LogP contribution >= 0.6 is 0 Å². The van der Waals surface area contributed by atoms with Gasteiger partial charge < -0.3 is 10.0 Å². The molecule has 2 nitrogen and oxygen atoms in total. The summed E-state index contributed by atoms with van der Waals surface area (Å²) < 4.78 is 0. The summed E-state index contributed by atoms with van der Waals surface area (Å²) in [7, 11) is 2.07. The molecule has 0 amide bonds. The van der Waals surface area contributed by atoms with Gasteiger partial charge in [-0.25, -0.2) is 0 Å². The maximum absolute atomic E-state index is 8.96. The Labute approximate surface area is 56.5 Å². The maximum Gasteiger partial charge on any atom is 0.0639 e. The zero-order valence-electron chi connectivity index (χ0n) is 6.17. The Morgan fingerprint density at radius 3 is 2.56 bits per heavy atom. The monoisotopic (exact) mass is 129 g/mol. The van der Waals surface area contributed by atoms with Crippen molar-refractivity contribution < 1.29 is 5.11 Å². The summed E-state index contributed by atoms with van der Waals surface area (Å²) in [6.45, 7) is 2.66. The highest BCUT2D eigenvalue weighted by Gasteiger charge is 2.26. The van der Waals surface area contributed by atoms with Crippen LogP contribution in [0.1, 0.15) is 19.8 Å². The molecule has 9 heavy (non-hydrogen) atoms. The fourth-order valence-electron chi connectivity index (χ4n) is 1.08. The van der Waals surface area contributed by atoms with Crippen molar-refractivity contribution in [3.05, 3.63) is 0 Å². The summed E-state index contributed by atoms with van der Waals surface area (Å²) in [4.78, 5) is 2.23. The molecule has 0 bridgehead atoms. The van der Waals surface area contributed by atoms with E-state index in [-0.39, 0.29) is 6.10 Å². The van der Waals surface area contributed by atoms with Crippen LogP contribution in [0.2, 0.25) is 0 Å². The van der Waals surface area contributed by atoms with Crippen LogP contribution < -0.4 is 0 Å². The van der Waals surface area contributed by atoms with E-state index in [4.69, 9.17) is 5.11 Å². The summed E-state index contributed by atoms with van der Waals surface area (Å²) >= 11 is 0. The highest BCUT2D eigenvalue weighted by atomic mass is 16.3. The number of nitrogens with zero attached hydrogens (tertiary/aromatic N) is 1. The van der Waals surface area contributed by atoms with E-state index < -0.39 is 0 Å². The fourth-order valence-corrected chi connectivity index (χ4v) is 1.08. The summed E-state index contributed by atoms with van der Waals surface area (Å²) in [6.07, 6.45) is 2.47. The molecule has 1 aliphatic carbocycles. The van der Waals surface area contributed by atoms with Gasteiger partial charge in [-0.3, -0.25) is 0 Å². The number of likely N-dealkylation sites (N-methyl/N-ethyl adjacent to an activating group) is 1. The van der Waals surface area contributed by atoms with E-state index in [1.807, 2.05) is 6.92 Å². The summed E-state index contributed by atoms with van der Waals surface area (Å²) in [5.41, 5.74) is 0. The van der Waals surface area contributed by atoms with E-state index in [0.29, 0.717) is 0 Å². The average molecular weight is 129 g/mol. The highest BCUT2D eigenvalue weighted by molar-refractivity contribution is 4.82. The Morgan fingerprint density at radius 1 is 1.67 bits per heavy atom. The summed E-state index contributed by atoms with van der Waals surface area (Å²) in [5, 5.41) is 8.96. The zero-order valence-corrected chi connectivity index (χ0v) is 6.17. The van der Waals surface area contributed by atoms with E-state index in [9.17, 15) is 0 Å². The van der Waals surface area contributed by atoms with Crippen LogP contribution in [0.25, 0.3) is 0 Å². The number of hydrogen-bond acceptors (Lipinski definition) is 2. The third-order valence-corrected chi connectivity index (χ3v) is 1.72. The molecule has 0 spiro atoms. The van der Waals surface area contributed by atoms with E-state index in [1.165, 1.54) is 12.8 Å². The van der Waals surface area contributed by atoms with Gasteiger partial charge in [0.1, 0.15) is 0 Å². The van der Waals surface area contributed by atoms with Crippen molar-refractivity contribution in [2.45, 2.75) is 31.9 Å². The topological polar surface area (TPSA) is 23.5 Å². The normalized spacial score (nSPS) is 22.7. The van der Waals surface area contributed by atoms with Crippen molar-refractivity contribution in [1.82, 2.24) is 4.90 Å². The Morgan fingerprint density at radius 2 is 2.22 bits per heavy atom. The minimum Gasteiger partial charge on any atom is -0.392 e. The smallest absolute Gasteiger partial charge is 0.0639 e. The minimum atomic E-state index is -0.171. The molecule has 1 N–H and O–H groups in total. The van der Waals surface area contributed by atoms with Crippen molar-refractivity contribution in [1.29, 1.82) is 0 Å². The Balaban J connectivity index is 2.10. The molecule has 0 unspecified atom stereocenters. The summed E-state index contributed by atoms with van der Waals surface area (Å²) in [6, 6.07) is 0.777. The van der Waals surface area contributed by atoms with Gasteiger partial charge >= 0.3 is 0 Å². The van der Waals surface area contributed by atoms with Crippen LogP contribution in [-0.2, 0) is 0 Å². The lowest BCUT2D eigenvalue weighted by atomic mass is 10.4. The maximum atomic E-state index is 8.96. The van der Waals surface area contributed by atoms with E-state index >= 15 is 0 Å². The largest absolute Gasteiger partial charge is 0.392 e. The van der Waals surface area contributed by atoms with Crippen molar-refractivity contribution in [2.24, 2.45) is 0 Å². The fraction of sp³-hybridized carbons (Fsp3) is 1.00. The van der Waals surface area contributed by atoms with E-state index in [1.54, 1.807) is 0 Å². The molecule has 0 aromatic heterocycles. The second-order valence-corrected chi connectivity index (χ2v) is 3.02. The van der Waals surface area contributed by atoms with Gasteiger partial charge in [-0.05, 0) is 26.8 Å². The average Bonchev–Trinajstić information content (AvgIpc) is 2.40. The molecule has 2 heteroatoms. The minimum absolute atomic E-state index is 0.171. The van der Waals surface area contributed by atoms with Gasteiger partial charge in [-0.2, -0.15) is 0 Å². The lowest BCUT2D eigenvalue weighted by molar-refractivity contribution is 0.138. The van der Waals surface area contributed by atoms with Crippen LogP contribution in [0.15, 0.2) is 0 Å². The van der Waals surface area contributed by atoms with Gasteiger partial charge in [0.2, 0.25) is 0 Å². The molecule has 0 saturated heterocycles. The molecule has 0 radical (unpaired) electrons. The molecule has 1 rings (SSSR count). The van der Waals surface area contributed by atoms with Gasteiger partial charge in [-0.15, -0.1) is 0 Å². The third-order valence-electron chi connectivity index (χ3n) is 1.72. The predicted octanol–water partition coefficient (Wildman–Crippen LogP) is 0.461. The first-order valence-electron chi connectivity index (χ1n) is 3.58. The molecule has 1 atom stereocenters. The second kappa shape index (κ2) is 2.67. The van der Waals surface area contributed by atoms with Crippen LogP contribution in [0.5, 0.6) is 0 Å². The van der Waals surface area contributed by atoms with Crippen molar-refractivity contribution in [2.75, 3.05) is 13.6 Å². The predicted molar refractivity (Wildman–Crippen MR) is 37.3 cm³/mol. The molecule has 1 saturated carbocycles. The summed E-state index contributed by atoms with van der Waals surface area (Å²) in [5.74, 6) is 0. The van der Waals surface area contributed by atoms with E-state index in [0.717, 1.165) is 12.6 Å². The molecule has 1 aliphatic rings. The quantitative estimate of drug-likeness (QED) is 0.598. The van der Waals surface area contributed by atoms with Gasteiger partial charge in [0.15, 0.2) is 0 Å². The van der Waals surface area contributed by atoms with E-state index in [2.05, 4.69) is 11.9 Å². The van der Waals surface area contributed by atoms with Gasteiger partial charge in [0.05, 0.1) is 6.10 Å². The lowest BCUT2D eigenvalue weighted by Crippen LogP contribution is -2.28. The Bertz CT molecular complexity index is 88.9. The number of aliphatic hydroxyl groups is 1. The molecule has 0 aliphatic heterocycles. The first-order chi connectivity index (χ1) is 4.20. The molecule has 0 heterocycles. The third kappa shape index (κ3) is 2.33. The molecule has 54 valence electrons. The number of hydrogen-bond donors (Lipinski definition) is 1. The van der Waals surface area contributed by atoms with Crippen LogP contribution in [0.4, 0.5) is 0 Å². The number of rotatable bonds is 3. The Hall–Kier alpha value is -0.0800. The van der Waals surface area contributed by atoms with Gasteiger partial charge in [-0.1, -0.05) is 0 Å². The van der Waals surface area contributed by atoms with Crippen molar-refractivity contribution in [3.63, 3.8) is 0 Å². The van der Waals surface area contributed by atoms with Crippen LogP contribution in [0, 0.1) is 0 Å². The van der Waals surface area contributed by atoms with Crippen molar-refractivity contribution in [3.8, 4) is 0 Å². The molecule has 0 aromatic carbocycles. The first kappa shape index (κ1) is 7.03. The highest BCUT2D eigenvalue weighted by Crippen LogP contribution is 2.24. The number of aliphatic hydroxyl groups excluding tert-OH is 1.